The predicted octanol–water partition coefficient (Wildman–Crippen LogP) is 1.59. The van der Waals surface area contributed by atoms with Crippen LogP contribution < -0.4 is 5.73 Å². The second kappa shape index (κ2) is 6.83. The zero-order chi connectivity index (χ0) is 8.74. The summed E-state index contributed by atoms with van der Waals surface area (Å²) < 4.78 is 0. The van der Waals surface area contributed by atoms with Crippen molar-refractivity contribution in [2.75, 3.05) is 0 Å². The normalized spacial score (nSPS) is 9.75. The molecule has 0 aliphatic carbocycles. The second-order valence-corrected chi connectivity index (χ2v) is 2.84. The average Bonchev–Trinajstić information content (AvgIpc) is 1.88. The van der Waals surface area contributed by atoms with Crippen LogP contribution in [0.2, 0.25) is 0 Å². The molecule has 2 nitrogen and oxygen atoms in total. The van der Waals surface area contributed by atoms with Gasteiger partial charge in [0, 0.05) is 5.54 Å². The van der Waals surface area contributed by atoms with Crippen LogP contribution in [-0.2, 0) is 0 Å². The minimum atomic E-state index is -0.203. The number of hydrogen-bond acceptors (Lipinski definition) is 1. The quantitative estimate of drug-likeness (QED) is 0.603. The Morgan fingerprint density at radius 2 is 1.17 bits per heavy atom. The molecule has 0 rings (SSSR count). The Kier molecular flexibility index (Phi) is 7.80. The third kappa shape index (κ3) is 4.88. The summed E-state index contributed by atoms with van der Waals surface area (Å²) in [6.45, 7) is 11.0. The van der Waals surface area contributed by atoms with Gasteiger partial charge in [0.15, 0.2) is 0 Å². The number of hydrogen-bond donors (Lipinski definition) is 1. The van der Waals surface area contributed by atoms with E-state index in [1.807, 2.05) is 18.2 Å². The Bertz CT molecular complexity index is 125. The first kappa shape index (κ1) is 13.7. The highest BCUT2D eigenvalue weighted by molar-refractivity contribution is 4.99. The molecule has 0 saturated heterocycles. The van der Waals surface area contributed by atoms with Crippen molar-refractivity contribution in [1.82, 2.24) is 0 Å². The minimum Gasteiger partial charge on any atom is -0.412 e. The summed E-state index contributed by atoms with van der Waals surface area (Å²) >= 11 is 0. The monoisotopic (exact) mass is 169 g/mol. The van der Waals surface area contributed by atoms with Crippen LogP contribution in [0.15, 0.2) is 38.0 Å². The van der Waals surface area contributed by atoms with Gasteiger partial charge < -0.3 is 11.2 Å². The first-order valence-electron chi connectivity index (χ1n) is 3.80. The van der Waals surface area contributed by atoms with E-state index in [-0.39, 0.29) is 11.0 Å². The largest absolute Gasteiger partial charge is 0.412 e. The van der Waals surface area contributed by atoms with Gasteiger partial charge in [0.1, 0.15) is 0 Å². The summed E-state index contributed by atoms with van der Waals surface area (Å²) in [5, 5.41) is 0. The molecule has 0 aromatic rings. The molecule has 0 saturated carbocycles. The van der Waals surface area contributed by atoms with Crippen molar-refractivity contribution in [3.63, 3.8) is 0 Å². The lowest BCUT2D eigenvalue weighted by Gasteiger charge is -2.25. The Morgan fingerprint density at radius 3 is 1.33 bits per heavy atom. The maximum absolute atomic E-state index is 6.02. The fourth-order valence-corrected chi connectivity index (χ4v) is 1.11. The van der Waals surface area contributed by atoms with Gasteiger partial charge in [0.2, 0.25) is 0 Å². The smallest absolute Gasteiger partial charge is 0.0258 e. The van der Waals surface area contributed by atoms with Crippen LogP contribution in [0.3, 0.4) is 0 Å². The molecule has 0 bridgehead atoms. The van der Waals surface area contributed by atoms with Gasteiger partial charge in [-0.2, -0.15) is 0 Å². The Hall–Kier alpha value is -0.860. The van der Waals surface area contributed by atoms with E-state index < -0.39 is 0 Å². The Balaban J connectivity index is 0. The fourth-order valence-electron chi connectivity index (χ4n) is 1.11. The van der Waals surface area contributed by atoms with Gasteiger partial charge in [0.25, 0.3) is 0 Å². The molecular formula is C10H19NO. The first-order chi connectivity index (χ1) is 5.18. The van der Waals surface area contributed by atoms with E-state index in [9.17, 15) is 0 Å². The van der Waals surface area contributed by atoms with Gasteiger partial charge in [-0.3, -0.25) is 0 Å². The second-order valence-electron chi connectivity index (χ2n) is 2.84. The van der Waals surface area contributed by atoms with E-state index in [4.69, 9.17) is 5.73 Å². The summed E-state index contributed by atoms with van der Waals surface area (Å²) in [6.07, 6.45) is 7.95. The maximum Gasteiger partial charge on any atom is 0.0258 e. The highest BCUT2D eigenvalue weighted by Crippen LogP contribution is 2.17. The lowest BCUT2D eigenvalue weighted by Crippen LogP contribution is -2.37. The molecule has 0 aliphatic heterocycles. The molecule has 4 N–H and O–H groups in total. The van der Waals surface area contributed by atoms with Crippen molar-refractivity contribution < 1.29 is 5.48 Å². The van der Waals surface area contributed by atoms with Crippen molar-refractivity contribution in [3.05, 3.63) is 38.0 Å². The number of rotatable bonds is 6. The van der Waals surface area contributed by atoms with Crippen LogP contribution >= 0.6 is 0 Å². The zero-order valence-corrected chi connectivity index (χ0v) is 7.55. The van der Waals surface area contributed by atoms with Gasteiger partial charge in [-0.25, -0.2) is 0 Å². The summed E-state index contributed by atoms with van der Waals surface area (Å²) in [6, 6.07) is 0. The molecule has 0 radical (unpaired) electrons. The molecule has 0 aromatic heterocycles. The van der Waals surface area contributed by atoms with Crippen LogP contribution in [0.25, 0.3) is 0 Å². The molecule has 12 heavy (non-hydrogen) atoms. The number of nitrogens with two attached hydrogens (primary N) is 1. The molecular weight excluding hydrogens is 150 g/mol. The summed E-state index contributed by atoms with van der Waals surface area (Å²) in [5.41, 5.74) is 5.81. The van der Waals surface area contributed by atoms with Crippen LogP contribution in [0, 0.1) is 0 Å². The van der Waals surface area contributed by atoms with E-state index >= 15 is 0 Å². The Labute approximate surface area is 74.8 Å². The van der Waals surface area contributed by atoms with Crippen LogP contribution in [0.1, 0.15) is 19.3 Å². The van der Waals surface area contributed by atoms with Crippen LogP contribution in [-0.4, -0.2) is 11.0 Å². The van der Waals surface area contributed by atoms with Crippen molar-refractivity contribution >= 4 is 0 Å². The third-order valence-corrected chi connectivity index (χ3v) is 1.65. The highest BCUT2D eigenvalue weighted by atomic mass is 16.0. The fraction of sp³-hybridized carbons (Fsp3) is 0.400. The summed E-state index contributed by atoms with van der Waals surface area (Å²) in [7, 11) is 0. The highest BCUT2D eigenvalue weighted by Gasteiger charge is 2.18. The molecule has 0 atom stereocenters. The first-order valence-corrected chi connectivity index (χ1v) is 3.80. The molecule has 0 aromatic carbocycles. The third-order valence-electron chi connectivity index (χ3n) is 1.65. The zero-order valence-electron chi connectivity index (χ0n) is 7.55. The predicted molar refractivity (Wildman–Crippen MR) is 55.0 cm³/mol. The summed E-state index contributed by atoms with van der Waals surface area (Å²) in [5.74, 6) is 0. The standard InChI is InChI=1S/C10H17N.H2O/c1-4-7-10(11,8-5-2)9-6-3;/h4-6H,1-3,7-9,11H2;1H2. The van der Waals surface area contributed by atoms with E-state index in [1.165, 1.54) is 0 Å². The maximum atomic E-state index is 6.02. The van der Waals surface area contributed by atoms with Gasteiger partial charge in [-0.15, -0.1) is 19.7 Å². The van der Waals surface area contributed by atoms with Gasteiger partial charge in [-0.05, 0) is 19.3 Å². The molecule has 70 valence electrons. The van der Waals surface area contributed by atoms with Crippen molar-refractivity contribution in [2.24, 2.45) is 5.73 Å². The van der Waals surface area contributed by atoms with Gasteiger partial charge >= 0.3 is 0 Å². The molecule has 0 heterocycles. The topological polar surface area (TPSA) is 57.5 Å². The Morgan fingerprint density at radius 1 is 0.917 bits per heavy atom. The lowest BCUT2D eigenvalue weighted by atomic mass is 9.89. The van der Waals surface area contributed by atoms with Crippen molar-refractivity contribution in [1.29, 1.82) is 0 Å². The van der Waals surface area contributed by atoms with Gasteiger partial charge in [0.05, 0.1) is 0 Å². The van der Waals surface area contributed by atoms with Crippen LogP contribution in [0.5, 0.6) is 0 Å². The SMILES string of the molecule is C=CCC(N)(CC=C)CC=C.O. The molecule has 0 aliphatic rings. The van der Waals surface area contributed by atoms with E-state index in [2.05, 4.69) is 19.7 Å². The average molecular weight is 169 g/mol. The van der Waals surface area contributed by atoms with Crippen molar-refractivity contribution in [3.8, 4) is 0 Å². The molecule has 2 heteroatoms. The van der Waals surface area contributed by atoms with Crippen LogP contribution in [0.4, 0.5) is 0 Å². The lowest BCUT2D eigenvalue weighted by molar-refractivity contribution is 0.440. The van der Waals surface area contributed by atoms with E-state index in [0.717, 1.165) is 19.3 Å². The molecule has 0 unspecified atom stereocenters. The summed E-state index contributed by atoms with van der Waals surface area (Å²) in [4.78, 5) is 0. The molecule has 0 spiro atoms. The molecule has 0 amide bonds. The van der Waals surface area contributed by atoms with E-state index in [1.54, 1.807) is 0 Å². The van der Waals surface area contributed by atoms with Gasteiger partial charge in [-0.1, -0.05) is 18.2 Å². The van der Waals surface area contributed by atoms with Crippen molar-refractivity contribution in [2.45, 2.75) is 24.8 Å². The van der Waals surface area contributed by atoms with E-state index in [0.29, 0.717) is 0 Å². The minimum absolute atomic E-state index is 0. The molecule has 0 fully saturated rings.